The Morgan fingerprint density at radius 3 is 2.44 bits per heavy atom. The molecule has 3 aromatic carbocycles. The van der Waals surface area contributed by atoms with E-state index in [0.29, 0.717) is 34.8 Å². The Hall–Kier alpha value is -5.38. The van der Waals surface area contributed by atoms with Crippen molar-refractivity contribution in [3.63, 3.8) is 0 Å². The van der Waals surface area contributed by atoms with Crippen molar-refractivity contribution in [2.45, 2.75) is 19.6 Å². The van der Waals surface area contributed by atoms with Crippen LogP contribution in [0.4, 0.5) is 30.4 Å². The van der Waals surface area contributed by atoms with Gasteiger partial charge in [0, 0.05) is 55.2 Å². The van der Waals surface area contributed by atoms with Gasteiger partial charge >= 0.3 is 6.18 Å². The number of nitrogens with one attached hydrogen (secondary N) is 2. The second-order valence-corrected chi connectivity index (χ2v) is 11.7. The molecule has 1 saturated heterocycles. The Bertz CT molecular complexity index is 2000. The number of hydrogen-bond acceptors (Lipinski definition) is 7. The molecule has 2 N–H and O–H groups in total. The lowest BCUT2D eigenvalue weighted by Crippen LogP contribution is -2.43. The first-order valence-electron chi connectivity index (χ1n) is 15.4. The summed E-state index contributed by atoms with van der Waals surface area (Å²) in [5, 5.41) is 10.6. The monoisotopic (exact) mass is 653 g/mol. The van der Waals surface area contributed by atoms with Crippen LogP contribution in [0.15, 0.2) is 79.0 Å². The van der Waals surface area contributed by atoms with Gasteiger partial charge in [0.1, 0.15) is 11.4 Å². The van der Waals surface area contributed by atoms with Gasteiger partial charge < -0.3 is 20.3 Å². The number of carbonyl (C=O) groups is 1. The van der Waals surface area contributed by atoms with Crippen molar-refractivity contribution >= 4 is 28.7 Å². The van der Waals surface area contributed by atoms with E-state index in [1.54, 1.807) is 42.1 Å². The maximum atomic E-state index is 13.8. The highest BCUT2D eigenvalue weighted by atomic mass is 19.4. The van der Waals surface area contributed by atoms with E-state index in [1.807, 2.05) is 50.4 Å². The highest BCUT2D eigenvalue weighted by molar-refractivity contribution is 6.04. The minimum Gasteiger partial charge on any atom is -0.497 e. The number of aryl methyl sites for hydroxylation is 1. The van der Waals surface area contributed by atoms with E-state index in [4.69, 9.17) is 4.74 Å². The number of halogens is 3. The minimum absolute atomic E-state index is 0.0861. The number of methoxy groups -OCH3 is 1. The van der Waals surface area contributed by atoms with Gasteiger partial charge in [0.05, 0.1) is 18.9 Å². The van der Waals surface area contributed by atoms with Crippen LogP contribution in [0.2, 0.25) is 0 Å². The van der Waals surface area contributed by atoms with E-state index in [-0.39, 0.29) is 11.3 Å². The number of ether oxygens (including phenoxy) is 1. The third-order valence-electron chi connectivity index (χ3n) is 8.13. The molecule has 48 heavy (non-hydrogen) atoms. The third-order valence-corrected chi connectivity index (χ3v) is 8.13. The zero-order chi connectivity index (χ0) is 33.8. The number of hydrogen-bond donors (Lipinski definition) is 2. The number of benzene rings is 3. The van der Waals surface area contributed by atoms with Gasteiger partial charge in [-0.15, -0.1) is 5.10 Å². The van der Waals surface area contributed by atoms with E-state index in [2.05, 4.69) is 42.4 Å². The van der Waals surface area contributed by atoms with E-state index in [9.17, 15) is 18.0 Å². The summed E-state index contributed by atoms with van der Waals surface area (Å²) in [5.41, 5.74) is 3.44. The number of fused-ring (bicyclic) bond motifs is 1. The molecule has 12 heteroatoms. The van der Waals surface area contributed by atoms with E-state index in [1.165, 1.54) is 0 Å². The number of piperazine rings is 1. The summed E-state index contributed by atoms with van der Waals surface area (Å²) in [6, 6.07) is 19.8. The molecular weight excluding hydrogens is 619 g/mol. The molecule has 0 spiro atoms. The number of aromatic nitrogens is 3. The van der Waals surface area contributed by atoms with Crippen LogP contribution in [0.5, 0.6) is 5.75 Å². The van der Waals surface area contributed by atoms with Gasteiger partial charge in [-0.05, 0) is 97.7 Å². The molecule has 5 aromatic rings. The first kappa shape index (κ1) is 32.6. The Balaban J connectivity index is 1.21. The summed E-state index contributed by atoms with van der Waals surface area (Å²) in [4.78, 5) is 22.0. The van der Waals surface area contributed by atoms with Gasteiger partial charge in [0.25, 0.3) is 5.91 Å². The van der Waals surface area contributed by atoms with E-state index >= 15 is 0 Å². The topological polar surface area (TPSA) is 87.0 Å². The van der Waals surface area contributed by atoms with Gasteiger partial charge in [-0.1, -0.05) is 12.0 Å². The second-order valence-electron chi connectivity index (χ2n) is 11.7. The van der Waals surface area contributed by atoms with Crippen molar-refractivity contribution in [3.8, 4) is 17.6 Å². The van der Waals surface area contributed by atoms with Crippen LogP contribution in [0.25, 0.3) is 5.65 Å². The fourth-order valence-corrected chi connectivity index (χ4v) is 5.36. The number of imidazole rings is 1. The SMILES string of the molecule is COc1ccc(Nc2ccc3ncc(C#Cc4cc(C(=O)Nc5cc(CN6CCN(C)CC6)cc(C(F)(F)F)c5)ccc4C)n3n2)cc1. The third kappa shape index (κ3) is 7.76. The number of likely N-dealkylation sites (N-methyl/N-ethyl adjacent to an activating group) is 1. The molecule has 0 bridgehead atoms. The van der Waals surface area contributed by atoms with E-state index in [0.717, 1.165) is 55.3 Å². The van der Waals surface area contributed by atoms with Crippen LogP contribution in [0, 0.1) is 18.8 Å². The van der Waals surface area contributed by atoms with Gasteiger partial charge in [-0.3, -0.25) is 9.69 Å². The molecule has 9 nitrogen and oxygen atoms in total. The van der Waals surface area contributed by atoms with Crippen LogP contribution in [-0.4, -0.2) is 70.6 Å². The lowest BCUT2D eigenvalue weighted by atomic mass is 10.0. The number of nitrogens with zero attached hydrogens (tertiary/aromatic N) is 5. The van der Waals surface area contributed by atoms with Crippen LogP contribution in [0.1, 0.15) is 38.3 Å². The van der Waals surface area contributed by atoms with Gasteiger partial charge in [-0.2, -0.15) is 13.2 Å². The van der Waals surface area contributed by atoms with Gasteiger partial charge in [-0.25, -0.2) is 9.50 Å². The van der Waals surface area contributed by atoms with Crippen LogP contribution < -0.4 is 15.4 Å². The van der Waals surface area contributed by atoms with Crippen molar-refractivity contribution in [2.75, 3.05) is 51.0 Å². The maximum Gasteiger partial charge on any atom is 0.416 e. The average Bonchev–Trinajstić information content (AvgIpc) is 3.47. The Morgan fingerprint density at radius 1 is 0.938 bits per heavy atom. The number of anilines is 3. The highest BCUT2D eigenvalue weighted by Gasteiger charge is 2.31. The zero-order valence-corrected chi connectivity index (χ0v) is 26.7. The van der Waals surface area contributed by atoms with Crippen LogP contribution in [0.3, 0.4) is 0 Å². The lowest BCUT2D eigenvalue weighted by molar-refractivity contribution is -0.137. The van der Waals surface area contributed by atoms with Crippen molar-refractivity contribution in [3.05, 3.63) is 113 Å². The first-order valence-corrected chi connectivity index (χ1v) is 15.4. The molecule has 2 aromatic heterocycles. The molecule has 246 valence electrons. The lowest BCUT2D eigenvalue weighted by Gasteiger charge is -2.32. The molecule has 1 fully saturated rings. The van der Waals surface area contributed by atoms with Crippen molar-refractivity contribution in [1.29, 1.82) is 0 Å². The summed E-state index contributed by atoms with van der Waals surface area (Å²) in [7, 11) is 3.63. The molecule has 0 aliphatic carbocycles. The molecule has 1 amide bonds. The molecule has 0 saturated carbocycles. The van der Waals surface area contributed by atoms with Crippen LogP contribution >= 0.6 is 0 Å². The number of alkyl halides is 3. The summed E-state index contributed by atoms with van der Waals surface area (Å²) >= 11 is 0. The summed E-state index contributed by atoms with van der Waals surface area (Å²) in [6.07, 6.45) is -2.94. The molecule has 1 aliphatic heterocycles. The van der Waals surface area contributed by atoms with Gasteiger partial charge in [0.2, 0.25) is 0 Å². The Kier molecular flexibility index (Phi) is 9.34. The largest absolute Gasteiger partial charge is 0.497 e. The van der Waals surface area contributed by atoms with Crippen molar-refractivity contribution in [1.82, 2.24) is 24.4 Å². The van der Waals surface area contributed by atoms with E-state index < -0.39 is 17.6 Å². The molecule has 1 aliphatic rings. The summed E-state index contributed by atoms with van der Waals surface area (Å²) in [6.45, 7) is 5.44. The number of amides is 1. The standard InChI is InChI=1S/C36H34F3N7O2/c1-24-4-5-27(35(47)42-30-19-25(18-28(21-30)36(37,38)39)23-45-16-14-44(2)15-17-45)20-26(24)6-9-31-22-40-34-13-12-33(43-46(31)34)41-29-7-10-32(48-3)11-8-29/h4-5,7-8,10-13,18-22H,14-17,23H2,1-3H3,(H,41,43)(H,42,47). The zero-order valence-electron chi connectivity index (χ0n) is 26.7. The molecule has 6 rings (SSSR count). The number of carbonyl (C=O) groups excluding carboxylic acids is 1. The first-order chi connectivity index (χ1) is 23.0. The predicted octanol–water partition coefficient (Wildman–Crippen LogP) is 6.21. The maximum absolute atomic E-state index is 13.8. The molecule has 3 heterocycles. The predicted molar refractivity (Wildman–Crippen MR) is 179 cm³/mol. The average molecular weight is 654 g/mol. The second kappa shape index (κ2) is 13.8. The molecule has 0 radical (unpaired) electrons. The fraction of sp³-hybridized carbons (Fsp3) is 0.250. The minimum atomic E-state index is -4.55. The smallest absolute Gasteiger partial charge is 0.416 e. The Labute approximate surface area is 276 Å². The molecule has 0 unspecified atom stereocenters. The van der Waals surface area contributed by atoms with Crippen molar-refractivity contribution in [2.24, 2.45) is 0 Å². The normalized spacial score (nSPS) is 14.0. The molecule has 0 atom stereocenters. The quantitative estimate of drug-likeness (QED) is 0.202. The summed E-state index contributed by atoms with van der Waals surface area (Å²) in [5.74, 6) is 7.01. The number of rotatable bonds is 7. The Morgan fingerprint density at radius 2 is 1.71 bits per heavy atom. The van der Waals surface area contributed by atoms with Crippen LogP contribution in [-0.2, 0) is 12.7 Å². The van der Waals surface area contributed by atoms with Gasteiger partial charge in [0.15, 0.2) is 11.5 Å². The fourth-order valence-electron chi connectivity index (χ4n) is 5.36. The highest BCUT2D eigenvalue weighted by Crippen LogP contribution is 2.33. The molecular formula is C36H34F3N7O2. The van der Waals surface area contributed by atoms with Crippen molar-refractivity contribution < 1.29 is 22.7 Å². The summed E-state index contributed by atoms with van der Waals surface area (Å²) < 4.78 is 48.3.